The van der Waals surface area contributed by atoms with Crippen LogP contribution in [0, 0.1) is 0 Å². The largest absolute Gasteiger partial charge is 0.382 e. The van der Waals surface area contributed by atoms with Crippen LogP contribution < -0.4 is 14.8 Å². The van der Waals surface area contributed by atoms with Gasteiger partial charge in [-0.2, -0.15) is 0 Å². The van der Waals surface area contributed by atoms with Gasteiger partial charge in [-0.15, -0.1) is 0 Å². The molecule has 2 heterocycles. The highest BCUT2D eigenvalue weighted by Crippen LogP contribution is 2.29. The number of nitrogens with one attached hydrogen (secondary N) is 1. The molecule has 0 spiro atoms. The van der Waals surface area contributed by atoms with E-state index in [4.69, 9.17) is 5.73 Å². The second kappa shape index (κ2) is 4.37. The first-order valence-corrected chi connectivity index (χ1v) is 5.92. The molecule has 1 aromatic heterocycles. The molecule has 1 aliphatic rings. The summed E-state index contributed by atoms with van der Waals surface area (Å²) >= 11 is 4.97. The summed E-state index contributed by atoms with van der Waals surface area (Å²) in [7, 11) is 0. The van der Waals surface area contributed by atoms with E-state index in [0.717, 1.165) is 29.7 Å². The minimum absolute atomic E-state index is 0.574. The van der Waals surface area contributed by atoms with Gasteiger partial charge in [-0.1, -0.05) is 0 Å². The Kier molecular flexibility index (Phi) is 3.15. The topological polar surface area (TPSA) is 54.2 Å². The van der Waals surface area contributed by atoms with Gasteiger partial charge < -0.3 is 5.73 Å². The van der Waals surface area contributed by atoms with Gasteiger partial charge in [0.2, 0.25) is 0 Å². The van der Waals surface area contributed by atoms with Gasteiger partial charge in [-0.05, 0) is 28.4 Å². The molecule has 0 atom stereocenters. The van der Waals surface area contributed by atoms with Crippen LogP contribution >= 0.6 is 28.1 Å². The zero-order chi connectivity index (χ0) is 9.97. The van der Waals surface area contributed by atoms with Crippen molar-refractivity contribution in [1.82, 2.24) is 9.71 Å². The van der Waals surface area contributed by atoms with Crippen LogP contribution in [0.15, 0.2) is 16.7 Å². The maximum absolute atomic E-state index is 5.81. The van der Waals surface area contributed by atoms with Crippen LogP contribution in [-0.4, -0.2) is 18.1 Å². The van der Waals surface area contributed by atoms with Crippen LogP contribution in [0.1, 0.15) is 6.42 Å². The SMILES string of the molecule is Nc1ncc(Br)cc1N1CCCNS1. The van der Waals surface area contributed by atoms with E-state index in [1.54, 1.807) is 18.3 Å². The van der Waals surface area contributed by atoms with Crippen LogP contribution in [-0.2, 0) is 0 Å². The smallest absolute Gasteiger partial charge is 0.147 e. The zero-order valence-corrected chi connectivity index (χ0v) is 9.94. The Morgan fingerprint density at radius 1 is 1.64 bits per heavy atom. The molecule has 1 saturated heterocycles. The number of hydrogen-bond acceptors (Lipinski definition) is 5. The van der Waals surface area contributed by atoms with Gasteiger partial charge in [0.25, 0.3) is 0 Å². The Morgan fingerprint density at radius 3 is 3.21 bits per heavy atom. The fourth-order valence-corrected chi connectivity index (χ4v) is 2.45. The van der Waals surface area contributed by atoms with E-state index in [1.807, 2.05) is 6.07 Å². The van der Waals surface area contributed by atoms with Gasteiger partial charge in [-0.3, -0.25) is 4.31 Å². The summed E-state index contributed by atoms with van der Waals surface area (Å²) in [6.45, 7) is 2.04. The Hall–Kier alpha value is -0.460. The fraction of sp³-hybridized carbons (Fsp3) is 0.375. The molecule has 3 N–H and O–H groups in total. The molecular formula is C8H11BrN4S. The maximum atomic E-state index is 5.81. The molecule has 0 radical (unpaired) electrons. The lowest BCUT2D eigenvalue weighted by Gasteiger charge is -2.27. The van der Waals surface area contributed by atoms with Crippen molar-refractivity contribution in [2.24, 2.45) is 0 Å². The Balaban J connectivity index is 2.24. The summed E-state index contributed by atoms with van der Waals surface area (Å²) in [6, 6.07) is 1.99. The van der Waals surface area contributed by atoms with Crippen LogP contribution in [0.25, 0.3) is 0 Å². The normalized spacial score (nSPS) is 17.1. The number of rotatable bonds is 1. The fourth-order valence-electron chi connectivity index (χ4n) is 1.27. The van der Waals surface area contributed by atoms with Gasteiger partial charge in [0.15, 0.2) is 0 Å². The number of aromatic nitrogens is 1. The van der Waals surface area contributed by atoms with Crippen LogP contribution in [0.4, 0.5) is 11.5 Å². The van der Waals surface area contributed by atoms with Crippen molar-refractivity contribution in [2.45, 2.75) is 6.42 Å². The molecule has 1 aliphatic heterocycles. The van der Waals surface area contributed by atoms with Gasteiger partial charge in [0, 0.05) is 35.9 Å². The van der Waals surface area contributed by atoms with E-state index in [1.165, 1.54) is 0 Å². The summed E-state index contributed by atoms with van der Waals surface area (Å²) in [5.41, 5.74) is 6.77. The van der Waals surface area contributed by atoms with E-state index in [-0.39, 0.29) is 0 Å². The quantitative estimate of drug-likeness (QED) is 0.765. The zero-order valence-electron chi connectivity index (χ0n) is 7.53. The van der Waals surface area contributed by atoms with Gasteiger partial charge in [0.1, 0.15) is 5.82 Å². The van der Waals surface area contributed by atoms with Crippen molar-refractivity contribution >= 4 is 39.6 Å². The number of nitrogen functional groups attached to an aromatic ring is 1. The first-order chi connectivity index (χ1) is 6.77. The molecule has 4 nitrogen and oxygen atoms in total. The third-order valence-electron chi connectivity index (χ3n) is 1.95. The van der Waals surface area contributed by atoms with Crippen LogP contribution in [0.3, 0.4) is 0 Å². The van der Waals surface area contributed by atoms with Crippen molar-refractivity contribution in [3.8, 4) is 0 Å². The third-order valence-corrected chi connectivity index (χ3v) is 3.31. The molecule has 76 valence electrons. The predicted molar refractivity (Wildman–Crippen MR) is 63.9 cm³/mol. The lowest BCUT2D eigenvalue weighted by atomic mass is 10.3. The minimum Gasteiger partial charge on any atom is -0.382 e. The standard InChI is InChI=1S/C8H11BrN4S/c9-6-4-7(8(10)11-5-6)13-3-1-2-12-14-13/h4-5,12H,1-3H2,(H2,10,11). The minimum atomic E-state index is 0.574. The first-order valence-electron chi connectivity index (χ1n) is 4.36. The molecule has 1 fully saturated rings. The second-order valence-electron chi connectivity index (χ2n) is 3.00. The molecule has 0 bridgehead atoms. The lowest BCUT2D eigenvalue weighted by Crippen LogP contribution is -2.30. The molecule has 0 amide bonds. The van der Waals surface area contributed by atoms with E-state index in [0.29, 0.717) is 5.82 Å². The molecule has 0 unspecified atom stereocenters. The molecular weight excluding hydrogens is 264 g/mol. The summed E-state index contributed by atoms with van der Waals surface area (Å²) < 4.78 is 6.30. The summed E-state index contributed by atoms with van der Waals surface area (Å²) in [5, 5.41) is 0. The Bertz CT molecular complexity index is 327. The molecule has 6 heteroatoms. The van der Waals surface area contributed by atoms with E-state index in [2.05, 4.69) is 29.9 Å². The number of anilines is 2. The highest BCUT2D eigenvalue weighted by atomic mass is 79.9. The molecule has 0 saturated carbocycles. The van der Waals surface area contributed by atoms with Crippen molar-refractivity contribution in [2.75, 3.05) is 23.1 Å². The highest BCUT2D eigenvalue weighted by Gasteiger charge is 2.15. The van der Waals surface area contributed by atoms with Crippen LogP contribution in [0.5, 0.6) is 0 Å². The molecule has 14 heavy (non-hydrogen) atoms. The number of nitrogens with two attached hydrogens (primary N) is 1. The van der Waals surface area contributed by atoms with Crippen molar-refractivity contribution in [1.29, 1.82) is 0 Å². The number of pyridine rings is 1. The van der Waals surface area contributed by atoms with E-state index >= 15 is 0 Å². The van der Waals surface area contributed by atoms with Crippen molar-refractivity contribution in [3.05, 3.63) is 16.7 Å². The van der Waals surface area contributed by atoms with Crippen molar-refractivity contribution in [3.63, 3.8) is 0 Å². The molecule has 2 rings (SSSR count). The van der Waals surface area contributed by atoms with E-state index in [9.17, 15) is 0 Å². The molecule has 0 aromatic carbocycles. The number of nitrogens with zero attached hydrogens (tertiary/aromatic N) is 2. The second-order valence-corrected chi connectivity index (χ2v) is 4.83. The Labute approximate surface area is 95.7 Å². The average molecular weight is 275 g/mol. The maximum Gasteiger partial charge on any atom is 0.147 e. The molecule has 0 aliphatic carbocycles. The van der Waals surface area contributed by atoms with Gasteiger partial charge >= 0.3 is 0 Å². The summed E-state index contributed by atoms with van der Waals surface area (Å²) in [5.74, 6) is 0.574. The lowest BCUT2D eigenvalue weighted by molar-refractivity contribution is 0.777. The summed E-state index contributed by atoms with van der Waals surface area (Å²) in [6.07, 6.45) is 2.83. The van der Waals surface area contributed by atoms with E-state index < -0.39 is 0 Å². The molecule has 1 aromatic rings. The Morgan fingerprint density at radius 2 is 2.50 bits per heavy atom. The van der Waals surface area contributed by atoms with Gasteiger partial charge in [-0.25, -0.2) is 9.71 Å². The van der Waals surface area contributed by atoms with Crippen LogP contribution in [0.2, 0.25) is 0 Å². The monoisotopic (exact) mass is 274 g/mol. The third kappa shape index (κ3) is 2.13. The number of halogens is 1. The highest BCUT2D eigenvalue weighted by molar-refractivity contribution is 9.10. The number of hydrogen-bond donors (Lipinski definition) is 2. The van der Waals surface area contributed by atoms with Gasteiger partial charge in [0.05, 0.1) is 5.69 Å². The van der Waals surface area contributed by atoms with Crippen molar-refractivity contribution < 1.29 is 0 Å². The predicted octanol–water partition coefficient (Wildman–Crippen LogP) is 1.79. The average Bonchev–Trinajstić information content (AvgIpc) is 2.23. The first kappa shape index (κ1) is 10.1. The summed E-state index contributed by atoms with van der Waals surface area (Å²) in [4.78, 5) is 4.10.